The Balaban J connectivity index is 1.87. The van der Waals surface area contributed by atoms with Crippen molar-refractivity contribution in [2.45, 2.75) is 42.9 Å². The molecule has 0 radical (unpaired) electrons. The number of hydrogen-bond acceptors (Lipinski definition) is 8. The first-order valence-corrected chi connectivity index (χ1v) is 10.5. The van der Waals surface area contributed by atoms with Crippen LogP contribution in [0.3, 0.4) is 0 Å². The Hall–Kier alpha value is -2.43. The van der Waals surface area contributed by atoms with E-state index in [2.05, 4.69) is 14.7 Å². The number of likely N-dealkylation sites (tertiary alicyclic amines) is 1. The summed E-state index contributed by atoms with van der Waals surface area (Å²) in [5.74, 6) is -0.878. The van der Waals surface area contributed by atoms with Crippen molar-refractivity contribution in [2.75, 3.05) is 31.7 Å². The highest BCUT2D eigenvalue weighted by Crippen LogP contribution is 2.48. The number of fused-ring (bicyclic) bond motifs is 3. The van der Waals surface area contributed by atoms with E-state index in [1.165, 1.54) is 0 Å². The fourth-order valence-electron chi connectivity index (χ4n) is 3.67. The van der Waals surface area contributed by atoms with Gasteiger partial charge in [-0.1, -0.05) is 0 Å². The van der Waals surface area contributed by atoms with Gasteiger partial charge in [0.15, 0.2) is 5.17 Å². The van der Waals surface area contributed by atoms with Crippen LogP contribution in [0.15, 0.2) is 33.1 Å². The minimum absolute atomic E-state index is 0.0388. The molecule has 0 spiro atoms. The van der Waals surface area contributed by atoms with E-state index in [1.807, 2.05) is 6.92 Å². The van der Waals surface area contributed by atoms with Crippen molar-refractivity contribution in [3.63, 3.8) is 0 Å². The lowest BCUT2D eigenvalue weighted by atomic mass is 10.1. The molecule has 3 aliphatic rings. The number of benzene rings is 1. The second-order valence-electron chi connectivity index (χ2n) is 7.02. The van der Waals surface area contributed by atoms with Crippen molar-refractivity contribution in [1.82, 2.24) is 4.90 Å². The molecule has 0 bridgehead atoms. The third-order valence-electron chi connectivity index (χ3n) is 5.10. The van der Waals surface area contributed by atoms with E-state index in [0.717, 1.165) is 38.1 Å². The molecule has 1 fully saturated rings. The second kappa shape index (κ2) is 7.68. The molecule has 0 saturated carbocycles. The monoisotopic (exact) mass is 442 g/mol. The predicted octanol–water partition coefficient (Wildman–Crippen LogP) is 3.64. The van der Waals surface area contributed by atoms with Gasteiger partial charge >= 0.3 is 17.8 Å². The van der Waals surface area contributed by atoms with Gasteiger partial charge < -0.3 is 14.4 Å². The summed E-state index contributed by atoms with van der Waals surface area (Å²) in [6.45, 7) is 3.42. The summed E-state index contributed by atoms with van der Waals surface area (Å²) in [7, 11) is 0.906. The maximum absolute atomic E-state index is 14.1. The van der Waals surface area contributed by atoms with Crippen molar-refractivity contribution in [3.8, 4) is 5.75 Å². The molecule has 3 heterocycles. The summed E-state index contributed by atoms with van der Waals surface area (Å²) in [5, 5.41) is 0.0388. The van der Waals surface area contributed by atoms with E-state index in [4.69, 9.17) is 4.74 Å². The Morgan fingerprint density at radius 2 is 1.97 bits per heavy atom. The molecule has 1 saturated heterocycles. The molecular formula is C19H21F3N4O3S. The lowest BCUT2D eigenvalue weighted by molar-refractivity contribution is -0.201. The number of carbonyl (C=O) groups is 1. The Kier molecular flexibility index (Phi) is 5.33. The first-order chi connectivity index (χ1) is 14.3. The number of hydrogen-bond donors (Lipinski definition) is 0. The number of piperidine rings is 1. The summed E-state index contributed by atoms with van der Waals surface area (Å²) in [6, 6.07) is 5.28. The minimum atomic E-state index is -5.05. The van der Waals surface area contributed by atoms with Crippen LogP contribution < -0.4 is 9.64 Å². The Morgan fingerprint density at radius 1 is 1.23 bits per heavy atom. The number of ether oxygens (including phenoxy) is 2. The lowest BCUT2D eigenvalue weighted by Gasteiger charge is -2.39. The van der Waals surface area contributed by atoms with Gasteiger partial charge in [-0.3, -0.25) is 4.90 Å². The number of aliphatic imine (C=N–C) groups is 2. The molecule has 0 N–H and O–H groups in total. The van der Waals surface area contributed by atoms with Crippen molar-refractivity contribution >= 4 is 34.5 Å². The molecule has 0 aliphatic carbocycles. The third kappa shape index (κ3) is 3.28. The molecular weight excluding hydrogens is 421 g/mol. The molecule has 7 nitrogen and oxygen atoms in total. The summed E-state index contributed by atoms with van der Waals surface area (Å²) in [6.07, 6.45) is -2.39. The Labute approximate surface area is 175 Å². The summed E-state index contributed by atoms with van der Waals surface area (Å²) in [4.78, 5) is 24.1. The molecule has 30 heavy (non-hydrogen) atoms. The Morgan fingerprint density at radius 3 is 2.60 bits per heavy atom. The van der Waals surface area contributed by atoms with Crippen molar-refractivity contribution in [2.24, 2.45) is 9.98 Å². The molecule has 162 valence electrons. The highest BCUT2D eigenvalue weighted by atomic mass is 32.2. The zero-order chi connectivity index (χ0) is 21.5. The number of anilines is 1. The smallest absolute Gasteiger partial charge is 0.446 e. The van der Waals surface area contributed by atoms with Crippen LogP contribution in [0.5, 0.6) is 5.75 Å². The van der Waals surface area contributed by atoms with Gasteiger partial charge in [-0.15, -0.1) is 0 Å². The quantitative estimate of drug-likeness (QED) is 0.666. The standard InChI is InChI=1S/C19H21F3N4O3S/c1-3-29-12-7-8-13-14(11-12)30-17-24-18(15(27)28-2,19(20,21)22)23-16(26(13)17)25-9-5-4-6-10-25/h7-8,11H,3-6,9-10H2,1-2H3/t18-/m0/s1. The number of amidine groups is 1. The topological polar surface area (TPSA) is 66.7 Å². The van der Waals surface area contributed by atoms with Crippen molar-refractivity contribution < 1.29 is 27.4 Å². The average molecular weight is 442 g/mol. The van der Waals surface area contributed by atoms with Crippen LogP contribution in [0.2, 0.25) is 0 Å². The first-order valence-electron chi connectivity index (χ1n) is 9.65. The van der Waals surface area contributed by atoms with E-state index in [1.54, 1.807) is 28.0 Å². The average Bonchev–Trinajstić information content (AvgIpc) is 3.09. The van der Waals surface area contributed by atoms with Gasteiger partial charge in [-0.05, 0) is 56.1 Å². The highest BCUT2D eigenvalue weighted by Gasteiger charge is 2.66. The Bertz CT molecular complexity index is 915. The van der Waals surface area contributed by atoms with E-state index >= 15 is 0 Å². The highest BCUT2D eigenvalue weighted by molar-refractivity contribution is 8.15. The second-order valence-corrected chi connectivity index (χ2v) is 8.02. The van der Waals surface area contributed by atoms with Gasteiger partial charge in [-0.25, -0.2) is 14.8 Å². The maximum Gasteiger partial charge on any atom is 0.446 e. The van der Waals surface area contributed by atoms with Crippen LogP contribution in [0, 0.1) is 0 Å². The third-order valence-corrected chi connectivity index (χ3v) is 6.10. The number of rotatable bonds is 3. The molecule has 4 rings (SSSR count). The van der Waals surface area contributed by atoms with Crippen molar-refractivity contribution in [1.29, 1.82) is 0 Å². The maximum atomic E-state index is 14.1. The van der Waals surface area contributed by atoms with Gasteiger partial charge in [-0.2, -0.15) is 13.2 Å². The number of alkyl halides is 3. The fraction of sp³-hybridized carbons (Fsp3) is 0.526. The zero-order valence-electron chi connectivity index (χ0n) is 16.5. The van der Waals surface area contributed by atoms with Crippen LogP contribution in [0.1, 0.15) is 26.2 Å². The molecule has 1 atom stereocenters. The molecule has 11 heteroatoms. The predicted molar refractivity (Wildman–Crippen MR) is 107 cm³/mol. The van der Waals surface area contributed by atoms with E-state index < -0.39 is 17.8 Å². The number of nitrogens with zero attached hydrogens (tertiary/aromatic N) is 4. The van der Waals surface area contributed by atoms with Crippen LogP contribution in [0.4, 0.5) is 18.9 Å². The number of methoxy groups -OCH3 is 1. The summed E-state index contributed by atoms with van der Waals surface area (Å²) < 4.78 is 52.4. The SMILES string of the molecule is CCOc1ccc2c(c1)SC1=N[C@@](C(=O)OC)(C(F)(F)F)N=C(N3CCCCC3)N12. The van der Waals surface area contributed by atoms with Gasteiger partial charge in [0.2, 0.25) is 5.96 Å². The fourth-order valence-corrected chi connectivity index (χ4v) is 4.76. The molecule has 3 aliphatic heterocycles. The van der Waals surface area contributed by atoms with E-state index in [9.17, 15) is 18.0 Å². The van der Waals surface area contributed by atoms with E-state index in [0.29, 0.717) is 36.0 Å². The number of carbonyl (C=O) groups excluding carboxylic acids is 1. The molecule has 0 amide bonds. The molecule has 0 aromatic heterocycles. The minimum Gasteiger partial charge on any atom is -0.494 e. The number of esters is 1. The summed E-state index contributed by atoms with van der Waals surface area (Å²) in [5.41, 5.74) is -2.66. The van der Waals surface area contributed by atoms with Gasteiger partial charge in [0.1, 0.15) is 5.75 Å². The van der Waals surface area contributed by atoms with Crippen LogP contribution in [0.25, 0.3) is 0 Å². The number of thioether (sulfide) groups is 1. The van der Waals surface area contributed by atoms with Gasteiger partial charge in [0.25, 0.3) is 0 Å². The van der Waals surface area contributed by atoms with Crippen LogP contribution in [-0.4, -0.2) is 60.6 Å². The first kappa shape index (κ1) is 20.8. The largest absolute Gasteiger partial charge is 0.494 e. The van der Waals surface area contributed by atoms with Gasteiger partial charge in [0.05, 0.1) is 19.4 Å². The van der Waals surface area contributed by atoms with Crippen LogP contribution >= 0.6 is 11.8 Å². The van der Waals surface area contributed by atoms with E-state index in [-0.39, 0.29) is 11.1 Å². The van der Waals surface area contributed by atoms with Gasteiger partial charge in [0, 0.05) is 18.0 Å². The molecule has 1 aromatic carbocycles. The van der Waals surface area contributed by atoms with Crippen LogP contribution in [-0.2, 0) is 9.53 Å². The van der Waals surface area contributed by atoms with Crippen molar-refractivity contribution in [3.05, 3.63) is 18.2 Å². The lowest BCUT2D eigenvalue weighted by Crippen LogP contribution is -2.59. The summed E-state index contributed by atoms with van der Waals surface area (Å²) >= 11 is 1.05. The molecule has 0 unspecified atom stereocenters. The molecule has 1 aromatic rings. The number of halogens is 3. The number of guanidine groups is 1. The zero-order valence-corrected chi connectivity index (χ0v) is 17.3. The normalized spacial score (nSPS) is 23.4.